The van der Waals surface area contributed by atoms with Gasteiger partial charge in [0.15, 0.2) is 11.5 Å². The zero-order valence-corrected chi connectivity index (χ0v) is 20.4. The first-order chi connectivity index (χ1) is 16.3. The van der Waals surface area contributed by atoms with Gasteiger partial charge in [-0.15, -0.1) is 0 Å². The van der Waals surface area contributed by atoms with Gasteiger partial charge in [0.05, 0.1) is 16.6 Å². The lowest BCUT2D eigenvalue weighted by Crippen LogP contribution is -2.42. The second kappa shape index (κ2) is 9.95. The highest BCUT2D eigenvalue weighted by Gasteiger charge is 2.29. The lowest BCUT2D eigenvalue weighted by molar-refractivity contribution is -0.120. The molecule has 0 aliphatic carbocycles. The van der Waals surface area contributed by atoms with Crippen LogP contribution in [-0.4, -0.2) is 34.1 Å². The molecule has 1 aliphatic heterocycles. The molecule has 1 atom stereocenters. The molecule has 1 N–H and O–H groups in total. The van der Waals surface area contributed by atoms with Crippen LogP contribution in [0.2, 0.25) is 5.02 Å². The smallest absolute Gasteiger partial charge is 0.264 e. The molecule has 0 saturated carbocycles. The zero-order chi connectivity index (χ0) is 24.3. The van der Waals surface area contributed by atoms with Crippen LogP contribution in [0.1, 0.15) is 24.1 Å². The van der Waals surface area contributed by atoms with Crippen molar-refractivity contribution in [2.45, 2.75) is 24.8 Å². The van der Waals surface area contributed by atoms with E-state index in [2.05, 4.69) is 5.32 Å². The number of rotatable bonds is 7. The van der Waals surface area contributed by atoms with Gasteiger partial charge in [-0.2, -0.15) is 0 Å². The molecule has 34 heavy (non-hydrogen) atoms. The highest BCUT2D eigenvalue weighted by molar-refractivity contribution is 7.92. The number of fused-ring (bicyclic) bond motifs is 1. The van der Waals surface area contributed by atoms with Crippen LogP contribution in [0.25, 0.3) is 0 Å². The lowest BCUT2D eigenvalue weighted by Gasteiger charge is -2.27. The first-order valence-electron chi connectivity index (χ1n) is 10.8. The average molecular weight is 501 g/mol. The molecule has 1 heterocycles. The molecule has 9 heteroatoms. The first kappa shape index (κ1) is 23.9. The Morgan fingerprint density at radius 1 is 1.03 bits per heavy atom. The summed E-state index contributed by atoms with van der Waals surface area (Å²) in [6, 6.07) is 18.1. The monoisotopic (exact) mass is 500 g/mol. The number of nitrogens with one attached hydrogen (secondary N) is 1. The summed E-state index contributed by atoms with van der Waals surface area (Å²) in [7, 11) is -4.02. The highest BCUT2D eigenvalue weighted by Crippen LogP contribution is 2.33. The van der Waals surface area contributed by atoms with E-state index < -0.39 is 22.5 Å². The third-order valence-corrected chi connectivity index (χ3v) is 7.75. The fraction of sp³-hybridized carbons (Fsp3) is 0.240. The van der Waals surface area contributed by atoms with Gasteiger partial charge in [0.25, 0.3) is 10.0 Å². The van der Waals surface area contributed by atoms with E-state index in [-0.39, 0.29) is 10.9 Å². The molecule has 0 spiro atoms. The largest absolute Gasteiger partial charge is 0.486 e. The van der Waals surface area contributed by atoms with Gasteiger partial charge in [-0.25, -0.2) is 8.42 Å². The molecular weight excluding hydrogens is 476 g/mol. The van der Waals surface area contributed by atoms with Crippen LogP contribution in [0.3, 0.4) is 0 Å². The normalized spacial score (nSPS) is 13.7. The number of anilines is 1. The summed E-state index contributed by atoms with van der Waals surface area (Å²) in [5.41, 5.74) is 1.73. The number of halogens is 1. The zero-order valence-electron chi connectivity index (χ0n) is 18.8. The molecule has 1 aliphatic rings. The molecule has 0 radical (unpaired) electrons. The molecule has 1 amide bonds. The van der Waals surface area contributed by atoms with E-state index in [0.717, 1.165) is 9.87 Å². The van der Waals surface area contributed by atoms with Gasteiger partial charge in [-0.3, -0.25) is 9.10 Å². The van der Waals surface area contributed by atoms with E-state index >= 15 is 0 Å². The summed E-state index contributed by atoms with van der Waals surface area (Å²) in [6.45, 7) is 4.09. The van der Waals surface area contributed by atoms with Gasteiger partial charge in [-0.05, 0) is 61.4 Å². The summed E-state index contributed by atoms with van der Waals surface area (Å²) in [5, 5.41) is 3.30. The van der Waals surface area contributed by atoms with Crippen LogP contribution in [-0.2, 0) is 14.8 Å². The van der Waals surface area contributed by atoms with E-state index in [1.807, 2.05) is 19.1 Å². The molecule has 3 aromatic rings. The molecule has 0 fully saturated rings. The van der Waals surface area contributed by atoms with Crippen molar-refractivity contribution in [3.8, 4) is 11.5 Å². The number of hydrogen-bond donors (Lipinski definition) is 1. The Hall–Kier alpha value is -3.23. The molecule has 3 aromatic carbocycles. The summed E-state index contributed by atoms with van der Waals surface area (Å²) >= 11 is 6.27. The topological polar surface area (TPSA) is 84.9 Å². The number of hydrogen-bond acceptors (Lipinski definition) is 5. The predicted molar refractivity (Wildman–Crippen MR) is 131 cm³/mol. The Morgan fingerprint density at radius 3 is 2.47 bits per heavy atom. The fourth-order valence-electron chi connectivity index (χ4n) is 3.72. The molecule has 0 aromatic heterocycles. The summed E-state index contributed by atoms with van der Waals surface area (Å²) in [5.74, 6) is 0.819. The predicted octanol–water partition coefficient (Wildman–Crippen LogP) is 4.49. The second-order valence-corrected chi connectivity index (χ2v) is 10.2. The number of benzene rings is 3. The summed E-state index contributed by atoms with van der Waals surface area (Å²) < 4.78 is 39.3. The Balaban J connectivity index is 1.60. The molecule has 0 saturated heterocycles. The van der Waals surface area contributed by atoms with Crippen LogP contribution in [0.4, 0.5) is 5.69 Å². The summed E-state index contributed by atoms with van der Waals surface area (Å²) in [6.07, 6.45) is 0. The van der Waals surface area contributed by atoms with E-state index in [1.165, 1.54) is 12.1 Å². The standard InChI is InChI=1S/C25H25ClN2O5S/c1-17-21(26)9-6-10-22(17)28(34(30,31)20-7-4-3-5-8-20)16-25(29)27-18(2)19-11-12-23-24(15-19)33-14-13-32-23/h3-12,15,18H,13-14,16H2,1-2H3,(H,27,29)/t18-/m1/s1. The molecule has 0 unspecified atom stereocenters. The van der Waals surface area contributed by atoms with Gasteiger partial charge in [0.2, 0.25) is 5.91 Å². The number of nitrogens with zero attached hydrogens (tertiary/aromatic N) is 1. The van der Waals surface area contributed by atoms with E-state index in [1.54, 1.807) is 49.4 Å². The molecule has 0 bridgehead atoms. The van der Waals surface area contributed by atoms with Crippen LogP contribution >= 0.6 is 11.6 Å². The summed E-state index contributed by atoms with van der Waals surface area (Å²) in [4.78, 5) is 13.2. The second-order valence-electron chi connectivity index (χ2n) is 7.90. The van der Waals surface area contributed by atoms with E-state index in [0.29, 0.717) is 41.0 Å². The molecular formula is C25H25ClN2O5S. The fourth-order valence-corrected chi connectivity index (χ4v) is 5.38. The SMILES string of the molecule is Cc1c(Cl)cccc1N(CC(=O)N[C@H](C)c1ccc2c(c1)OCCO2)S(=O)(=O)c1ccccc1. The van der Waals surface area contributed by atoms with Gasteiger partial charge in [0, 0.05) is 5.02 Å². The van der Waals surface area contributed by atoms with Crippen LogP contribution in [0, 0.1) is 6.92 Å². The number of ether oxygens (including phenoxy) is 2. The van der Waals surface area contributed by atoms with Gasteiger partial charge >= 0.3 is 0 Å². The average Bonchev–Trinajstić information content (AvgIpc) is 2.84. The Bertz CT molecular complexity index is 1300. The van der Waals surface area contributed by atoms with Crippen molar-refractivity contribution >= 4 is 33.2 Å². The van der Waals surface area contributed by atoms with Crippen molar-refractivity contribution in [1.82, 2.24) is 5.32 Å². The first-order valence-corrected chi connectivity index (χ1v) is 12.6. The van der Waals surface area contributed by atoms with Crippen molar-refractivity contribution in [2.75, 3.05) is 24.1 Å². The maximum atomic E-state index is 13.5. The minimum atomic E-state index is -4.02. The minimum absolute atomic E-state index is 0.0852. The molecule has 178 valence electrons. The lowest BCUT2D eigenvalue weighted by atomic mass is 10.1. The van der Waals surface area contributed by atoms with Crippen molar-refractivity contribution < 1.29 is 22.7 Å². The number of carbonyl (C=O) groups is 1. The van der Waals surface area contributed by atoms with E-state index in [9.17, 15) is 13.2 Å². The maximum absolute atomic E-state index is 13.5. The van der Waals surface area contributed by atoms with Gasteiger partial charge in [0.1, 0.15) is 19.8 Å². The minimum Gasteiger partial charge on any atom is -0.486 e. The highest BCUT2D eigenvalue weighted by atomic mass is 35.5. The van der Waals surface area contributed by atoms with Gasteiger partial charge in [-0.1, -0.05) is 41.9 Å². The molecule has 4 rings (SSSR count). The Morgan fingerprint density at radius 2 is 1.74 bits per heavy atom. The number of sulfonamides is 1. The Labute approximate surface area is 204 Å². The molecule has 7 nitrogen and oxygen atoms in total. The van der Waals surface area contributed by atoms with Crippen LogP contribution < -0.4 is 19.1 Å². The third-order valence-electron chi connectivity index (χ3n) is 5.57. The van der Waals surface area contributed by atoms with Crippen molar-refractivity contribution in [3.05, 3.63) is 82.9 Å². The van der Waals surface area contributed by atoms with Crippen LogP contribution in [0.5, 0.6) is 11.5 Å². The Kier molecular flexibility index (Phi) is 7.00. The van der Waals surface area contributed by atoms with Crippen molar-refractivity contribution in [2.24, 2.45) is 0 Å². The van der Waals surface area contributed by atoms with Gasteiger partial charge < -0.3 is 14.8 Å². The van der Waals surface area contributed by atoms with Crippen LogP contribution in [0.15, 0.2) is 71.6 Å². The third kappa shape index (κ3) is 4.98. The number of amides is 1. The number of carbonyl (C=O) groups excluding carboxylic acids is 1. The van der Waals surface area contributed by atoms with Crippen molar-refractivity contribution in [3.63, 3.8) is 0 Å². The maximum Gasteiger partial charge on any atom is 0.264 e. The van der Waals surface area contributed by atoms with E-state index in [4.69, 9.17) is 21.1 Å². The van der Waals surface area contributed by atoms with Crippen molar-refractivity contribution in [1.29, 1.82) is 0 Å². The quantitative estimate of drug-likeness (QED) is 0.516.